The van der Waals surface area contributed by atoms with Crippen molar-refractivity contribution < 1.29 is 14.3 Å². The van der Waals surface area contributed by atoms with Crippen molar-refractivity contribution in [3.8, 4) is 11.5 Å². The number of nitrogens with one attached hydrogen (secondary N) is 1. The molecule has 2 aromatic rings. The summed E-state index contributed by atoms with van der Waals surface area (Å²) in [5.41, 5.74) is 2.95. The number of amides is 1. The lowest BCUT2D eigenvalue weighted by atomic mass is 10.1. The van der Waals surface area contributed by atoms with Crippen LogP contribution in [0.1, 0.15) is 42.3 Å². The van der Waals surface area contributed by atoms with Gasteiger partial charge in [-0.3, -0.25) is 9.69 Å². The number of rotatable bonds is 9. The Morgan fingerprint density at radius 1 is 0.968 bits per heavy atom. The molecule has 0 saturated carbocycles. The van der Waals surface area contributed by atoms with E-state index in [1.165, 1.54) is 5.56 Å². The Kier molecular flexibility index (Phi) is 8.32. The highest BCUT2D eigenvalue weighted by Crippen LogP contribution is 2.29. The molecule has 0 aromatic heterocycles. The molecule has 3 rings (SSSR count). The summed E-state index contributed by atoms with van der Waals surface area (Å²) in [6, 6.07) is 13.8. The zero-order valence-corrected chi connectivity index (χ0v) is 19.2. The Balaban J connectivity index is 1.51. The van der Waals surface area contributed by atoms with Crippen molar-refractivity contribution in [2.75, 3.05) is 39.8 Å². The maximum Gasteiger partial charge on any atom is 0.251 e. The van der Waals surface area contributed by atoms with Crippen LogP contribution < -0.4 is 14.8 Å². The first-order valence-electron chi connectivity index (χ1n) is 11.1. The molecule has 0 aliphatic carbocycles. The SMILES string of the molecule is CCN1CCN(Cc2ccc(CNC(=O)c3ccc(OC(C)C)c(OC)c3)cc2)CC1. The first-order chi connectivity index (χ1) is 15.0. The first kappa shape index (κ1) is 23.1. The van der Waals surface area contributed by atoms with Crippen LogP contribution in [-0.2, 0) is 13.1 Å². The highest BCUT2D eigenvalue weighted by Gasteiger charge is 2.15. The summed E-state index contributed by atoms with van der Waals surface area (Å²) in [6.07, 6.45) is 0.0393. The third-order valence-electron chi connectivity index (χ3n) is 5.58. The van der Waals surface area contributed by atoms with Gasteiger partial charge in [-0.15, -0.1) is 0 Å². The van der Waals surface area contributed by atoms with Crippen molar-refractivity contribution in [1.82, 2.24) is 15.1 Å². The summed E-state index contributed by atoms with van der Waals surface area (Å²) < 4.78 is 11.1. The van der Waals surface area contributed by atoms with E-state index in [1.807, 2.05) is 13.8 Å². The number of carbonyl (C=O) groups excluding carboxylic acids is 1. The molecule has 2 aromatic carbocycles. The maximum absolute atomic E-state index is 12.6. The number of nitrogens with zero attached hydrogens (tertiary/aromatic N) is 2. The van der Waals surface area contributed by atoms with Gasteiger partial charge in [0.15, 0.2) is 11.5 Å². The van der Waals surface area contributed by atoms with Gasteiger partial charge in [-0.2, -0.15) is 0 Å². The lowest BCUT2D eigenvalue weighted by Gasteiger charge is -2.34. The zero-order valence-electron chi connectivity index (χ0n) is 19.2. The number of likely N-dealkylation sites (N-methyl/N-ethyl adjacent to an activating group) is 1. The van der Waals surface area contributed by atoms with Gasteiger partial charge in [-0.1, -0.05) is 31.2 Å². The van der Waals surface area contributed by atoms with Gasteiger partial charge in [0, 0.05) is 44.8 Å². The summed E-state index contributed by atoms with van der Waals surface area (Å²) >= 11 is 0. The van der Waals surface area contributed by atoms with E-state index in [4.69, 9.17) is 9.47 Å². The average molecular weight is 426 g/mol. The second-order valence-electron chi connectivity index (χ2n) is 8.24. The predicted octanol–water partition coefficient (Wildman–Crippen LogP) is 3.55. The second-order valence-corrected chi connectivity index (χ2v) is 8.24. The fraction of sp³-hybridized carbons (Fsp3) is 0.480. The summed E-state index contributed by atoms with van der Waals surface area (Å²) in [5, 5.41) is 2.99. The minimum Gasteiger partial charge on any atom is -0.493 e. The van der Waals surface area contributed by atoms with Gasteiger partial charge >= 0.3 is 0 Å². The third-order valence-corrected chi connectivity index (χ3v) is 5.58. The standard InChI is InChI=1S/C25H35N3O3/c1-5-27-12-14-28(15-13-27)18-21-8-6-20(7-9-21)17-26-25(29)22-10-11-23(31-19(2)3)24(16-22)30-4/h6-11,16,19H,5,12-15,17-18H2,1-4H3,(H,26,29). The molecule has 0 bridgehead atoms. The number of methoxy groups -OCH3 is 1. The lowest BCUT2D eigenvalue weighted by molar-refractivity contribution is 0.0950. The number of piperazine rings is 1. The molecule has 1 fully saturated rings. The Bertz CT molecular complexity index is 844. The van der Waals surface area contributed by atoms with Crippen LogP contribution in [0.2, 0.25) is 0 Å². The van der Waals surface area contributed by atoms with Crippen LogP contribution in [0.15, 0.2) is 42.5 Å². The summed E-state index contributed by atoms with van der Waals surface area (Å²) in [6.45, 7) is 13.3. The third kappa shape index (κ3) is 6.71. The van der Waals surface area contributed by atoms with Crippen molar-refractivity contribution in [2.45, 2.75) is 40.0 Å². The molecule has 6 heteroatoms. The zero-order chi connectivity index (χ0) is 22.2. The number of hydrogen-bond donors (Lipinski definition) is 1. The largest absolute Gasteiger partial charge is 0.493 e. The Morgan fingerprint density at radius 2 is 1.61 bits per heavy atom. The maximum atomic E-state index is 12.6. The van der Waals surface area contributed by atoms with Gasteiger partial charge in [0.25, 0.3) is 5.91 Å². The van der Waals surface area contributed by atoms with Gasteiger partial charge < -0.3 is 19.7 Å². The molecule has 6 nitrogen and oxygen atoms in total. The molecule has 31 heavy (non-hydrogen) atoms. The lowest BCUT2D eigenvalue weighted by Crippen LogP contribution is -2.45. The van der Waals surface area contributed by atoms with Gasteiger partial charge in [-0.25, -0.2) is 0 Å². The molecule has 1 N–H and O–H groups in total. The minimum atomic E-state index is -0.132. The molecule has 1 aliphatic rings. The van der Waals surface area contributed by atoms with Gasteiger partial charge in [0.2, 0.25) is 0 Å². The highest BCUT2D eigenvalue weighted by atomic mass is 16.5. The van der Waals surface area contributed by atoms with E-state index in [2.05, 4.69) is 46.3 Å². The van der Waals surface area contributed by atoms with Crippen molar-refractivity contribution >= 4 is 5.91 Å². The van der Waals surface area contributed by atoms with Crippen molar-refractivity contribution in [3.05, 3.63) is 59.2 Å². The van der Waals surface area contributed by atoms with E-state index in [1.54, 1.807) is 25.3 Å². The van der Waals surface area contributed by atoms with E-state index >= 15 is 0 Å². The smallest absolute Gasteiger partial charge is 0.251 e. The molecular weight excluding hydrogens is 390 g/mol. The van der Waals surface area contributed by atoms with Crippen molar-refractivity contribution in [3.63, 3.8) is 0 Å². The number of benzene rings is 2. The van der Waals surface area contributed by atoms with Crippen LogP contribution in [-0.4, -0.2) is 61.6 Å². The quantitative estimate of drug-likeness (QED) is 0.666. The van der Waals surface area contributed by atoms with Crippen molar-refractivity contribution in [1.29, 1.82) is 0 Å². The average Bonchev–Trinajstić information content (AvgIpc) is 2.79. The molecule has 0 radical (unpaired) electrons. The van der Waals surface area contributed by atoms with Crippen LogP contribution in [0.5, 0.6) is 11.5 Å². The molecule has 168 valence electrons. The van der Waals surface area contributed by atoms with Crippen LogP contribution in [0.25, 0.3) is 0 Å². The molecule has 0 spiro atoms. The van der Waals surface area contributed by atoms with E-state index < -0.39 is 0 Å². The van der Waals surface area contributed by atoms with Crippen LogP contribution in [0.3, 0.4) is 0 Å². The van der Waals surface area contributed by atoms with Crippen LogP contribution >= 0.6 is 0 Å². The summed E-state index contributed by atoms with van der Waals surface area (Å²) in [5.74, 6) is 1.07. The molecule has 0 atom stereocenters. The molecule has 1 amide bonds. The molecular formula is C25H35N3O3. The summed E-state index contributed by atoms with van der Waals surface area (Å²) in [4.78, 5) is 17.6. The second kappa shape index (κ2) is 11.2. The molecule has 0 unspecified atom stereocenters. The molecule has 1 saturated heterocycles. The molecule has 1 aliphatic heterocycles. The highest BCUT2D eigenvalue weighted by molar-refractivity contribution is 5.94. The van der Waals surface area contributed by atoms with Gasteiger partial charge in [0.05, 0.1) is 13.2 Å². The Morgan fingerprint density at radius 3 is 2.23 bits per heavy atom. The van der Waals surface area contributed by atoms with Crippen LogP contribution in [0.4, 0.5) is 0 Å². The van der Waals surface area contributed by atoms with Crippen molar-refractivity contribution in [2.24, 2.45) is 0 Å². The van der Waals surface area contributed by atoms with E-state index in [0.717, 1.165) is 44.8 Å². The fourth-order valence-corrected chi connectivity index (χ4v) is 3.73. The Hall–Kier alpha value is -2.57. The molecule has 1 heterocycles. The Labute approximate surface area is 186 Å². The fourth-order valence-electron chi connectivity index (χ4n) is 3.73. The van der Waals surface area contributed by atoms with E-state index in [9.17, 15) is 4.79 Å². The predicted molar refractivity (Wildman–Crippen MR) is 124 cm³/mol. The van der Waals surface area contributed by atoms with E-state index in [0.29, 0.717) is 23.6 Å². The number of carbonyl (C=O) groups is 1. The monoisotopic (exact) mass is 425 g/mol. The number of hydrogen-bond acceptors (Lipinski definition) is 5. The van der Waals surface area contributed by atoms with Gasteiger partial charge in [-0.05, 0) is 49.7 Å². The van der Waals surface area contributed by atoms with Crippen LogP contribution in [0, 0.1) is 0 Å². The van der Waals surface area contributed by atoms with E-state index in [-0.39, 0.29) is 12.0 Å². The number of ether oxygens (including phenoxy) is 2. The normalized spacial score (nSPS) is 15.1. The topological polar surface area (TPSA) is 54.0 Å². The van der Waals surface area contributed by atoms with Gasteiger partial charge in [0.1, 0.15) is 0 Å². The minimum absolute atomic E-state index is 0.0393. The first-order valence-corrected chi connectivity index (χ1v) is 11.1. The summed E-state index contributed by atoms with van der Waals surface area (Å²) in [7, 11) is 1.58.